The van der Waals surface area contributed by atoms with Crippen LogP contribution >= 0.6 is 11.6 Å². The predicted molar refractivity (Wildman–Crippen MR) is 70.5 cm³/mol. The Hall–Kier alpha value is -1.94. The zero-order valence-corrected chi connectivity index (χ0v) is 10.8. The molecule has 0 saturated heterocycles. The van der Waals surface area contributed by atoms with Gasteiger partial charge in [-0.1, -0.05) is 11.6 Å². The van der Waals surface area contributed by atoms with Crippen LogP contribution in [0.5, 0.6) is 0 Å². The van der Waals surface area contributed by atoms with Gasteiger partial charge in [-0.05, 0) is 42.8 Å². The monoisotopic (exact) mass is 281 g/mol. The van der Waals surface area contributed by atoms with Crippen molar-refractivity contribution >= 4 is 23.2 Å². The highest BCUT2D eigenvalue weighted by atomic mass is 35.5. The molecular weight excluding hydrogens is 272 g/mol. The lowest BCUT2D eigenvalue weighted by molar-refractivity contribution is 0.102. The number of hydrogen-bond acceptors (Lipinski definition) is 1. The van der Waals surface area contributed by atoms with E-state index in [9.17, 15) is 13.6 Å². The van der Waals surface area contributed by atoms with Gasteiger partial charge >= 0.3 is 0 Å². The molecule has 0 aliphatic rings. The number of anilines is 1. The molecule has 0 heterocycles. The number of benzene rings is 2. The Kier molecular flexibility index (Phi) is 3.81. The SMILES string of the molecule is Cc1cc(NC(=O)c2cc(F)cc(F)c2)ccc1Cl. The van der Waals surface area contributed by atoms with Crippen LogP contribution in [0.3, 0.4) is 0 Å². The molecule has 1 amide bonds. The third kappa shape index (κ3) is 3.29. The summed E-state index contributed by atoms with van der Waals surface area (Å²) in [5, 5.41) is 3.13. The summed E-state index contributed by atoms with van der Waals surface area (Å²) in [6.45, 7) is 1.79. The van der Waals surface area contributed by atoms with Crippen molar-refractivity contribution in [1.29, 1.82) is 0 Å². The third-order valence-corrected chi connectivity index (χ3v) is 2.96. The molecular formula is C14H10ClF2NO. The molecule has 2 aromatic carbocycles. The molecule has 0 aromatic heterocycles. The summed E-state index contributed by atoms with van der Waals surface area (Å²) < 4.78 is 26.0. The van der Waals surface area contributed by atoms with Crippen LogP contribution in [-0.4, -0.2) is 5.91 Å². The lowest BCUT2D eigenvalue weighted by atomic mass is 10.1. The van der Waals surface area contributed by atoms with Crippen molar-refractivity contribution in [1.82, 2.24) is 0 Å². The molecule has 2 aromatic rings. The molecule has 1 N–H and O–H groups in total. The molecule has 0 aliphatic carbocycles. The highest BCUT2D eigenvalue weighted by Crippen LogP contribution is 2.20. The van der Waals surface area contributed by atoms with Gasteiger partial charge < -0.3 is 5.32 Å². The maximum absolute atomic E-state index is 13.0. The molecule has 0 radical (unpaired) electrons. The number of halogens is 3. The molecule has 0 atom stereocenters. The fraction of sp³-hybridized carbons (Fsp3) is 0.0714. The first-order valence-electron chi connectivity index (χ1n) is 5.49. The maximum Gasteiger partial charge on any atom is 0.255 e. The minimum Gasteiger partial charge on any atom is -0.322 e. The number of hydrogen-bond donors (Lipinski definition) is 1. The molecule has 0 saturated carbocycles. The Balaban J connectivity index is 2.22. The van der Waals surface area contributed by atoms with Gasteiger partial charge in [-0.2, -0.15) is 0 Å². The van der Waals surface area contributed by atoms with Crippen molar-refractivity contribution < 1.29 is 13.6 Å². The van der Waals surface area contributed by atoms with Crippen LogP contribution in [0.15, 0.2) is 36.4 Å². The average Bonchev–Trinajstić information content (AvgIpc) is 2.32. The van der Waals surface area contributed by atoms with Crippen LogP contribution in [0.2, 0.25) is 5.02 Å². The Morgan fingerprint density at radius 3 is 2.32 bits per heavy atom. The van der Waals surface area contributed by atoms with Crippen molar-refractivity contribution in [3.63, 3.8) is 0 Å². The smallest absolute Gasteiger partial charge is 0.255 e. The Morgan fingerprint density at radius 1 is 1.11 bits per heavy atom. The summed E-state index contributed by atoms with van der Waals surface area (Å²) in [4.78, 5) is 11.8. The van der Waals surface area contributed by atoms with E-state index >= 15 is 0 Å². The van der Waals surface area contributed by atoms with Crippen molar-refractivity contribution in [2.45, 2.75) is 6.92 Å². The molecule has 2 nitrogen and oxygen atoms in total. The molecule has 0 aliphatic heterocycles. The molecule has 5 heteroatoms. The Morgan fingerprint density at radius 2 is 1.74 bits per heavy atom. The van der Waals surface area contributed by atoms with Gasteiger partial charge in [-0.25, -0.2) is 8.78 Å². The van der Waals surface area contributed by atoms with Gasteiger partial charge in [0.05, 0.1) is 0 Å². The molecule has 0 unspecified atom stereocenters. The summed E-state index contributed by atoms with van der Waals surface area (Å²) in [5.41, 5.74) is 1.23. The summed E-state index contributed by atoms with van der Waals surface area (Å²) in [6.07, 6.45) is 0. The van der Waals surface area contributed by atoms with Gasteiger partial charge in [-0.15, -0.1) is 0 Å². The standard InChI is InChI=1S/C14H10ClF2NO/c1-8-4-12(2-3-13(8)15)18-14(19)9-5-10(16)7-11(17)6-9/h2-7H,1H3,(H,18,19). The van der Waals surface area contributed by atoms with E-state index in [4.69, 9.17) is 11.6 Å². The molecule has 0 bridgehead atoms. The van der Waals surface area contributed by atoms with Crippen molar-refractivity contribution in [3.05, 3.63) is 64.2 Å². The topological polar surface area (TPSA) is 29.1 Å². The van der Waals surface area contributed by atoms with Crippen molar-refractivity contribution in [2.75, 3.05) is 5.32 Å². The van der Waals surface area contributed by atoms with Gasteiger partial charge in [0.2, 0.25) is 0 Å². The number of carbonyl (C=O) groups excluding carboxylic acids is 1. The number of aryl methyl sites for hydroxylation is 1. The fourth-order valence-corrected chi connectivity index (χ4v) is 1.73. The quantitative estimate of drug-likeness (QED) is 0.879. The second kappa shape index (κ2) is 5.36. The summed E-state index contributed by atoms with van der Waals surface area (Å²) in [5.74, 6) is -2.17. The number of amides is 1. The van der Waals surface area contributed by atoms with Gasteiger partial charge in [0, 0.05) is 22.3 Å². The zero-order chi connectivity index (χ0) is 14.0. The molecule has 98 valence electrons. The van der Waals surface area contributed by atoms with Crippen molar-refractivity contribution in [3.8, 4) is 0 Å². The van der Waals surface area contributed by atoms with Crippen LogP contribution in [0, 0.1) is 18.6 Å². The lowest BCUT2D eigenvalue weighted by Gasteiger charge is -2.07. The predicted octanol–water partition coefficient (Wildman–Crippen LogP) is 4.18. The summed E-state index contributed by atoms with van der Waals surface area (Å²) in [7, 11) is 0. The van der Waals surface area contributed by atoms with E-state index in [0.717, 1.165) is 17.7 Å². The van der Waals surface area contributed by atoms with E-state index in [0.29, 0.717) is 16.8 Å². The maximum atomic E-state index is 13.0. The van der Waals surface area contributed by atoms with E-state index in [1.165, 1.54) is 0 Å². The van der Waals surface area contributed by atoms with Crippen LogP contribution in [-0.2, 0) is 0 Å². The van der Waals surface area contributed by atoms with Crippen molar-refractivity contribution in [2.24, 2.45) is 0 Å². The van der Waals surface area contributed by atoms with Gasteiger partial charge in [-0.3, -0.25) is 4.79 Å². The fourth-order valence-electron chi connectivity index (χ4n) is 1.61. The van der Waals surface area contributed by atoms with E-state index in [1.54, 1.807) is 25.1 Å². The Labute approximate surface area is 114 Å². The minimum absolute atomic E-state index is 0.0786. The van der Waals surface area contributed by atoms with Crippen LogP contribution in [0.25, 0.3) is 0 Å². The van der Waals surface area contributed by atoms with E-state index < -0.39 is 17.5 Å². The van der Waals surface area contributed by atoms with Gasteiger partial charge in [0.25, 0.3) is 5.91 Å². The van der Waals surface area contributed by atoms with Crippen LogP contribution in [0.4, 0.5) is 14.5 Å². The molecule has 2 rings (SSSR count). The van der Waals surface area contributed by atoms with Crippen LogP contribution < -0.4 is 5.32 Å². The van der Waals surface area contributed by atoms with E-state index in [2.05, 4.69) is 5.32 Å². The average molecular weight is 282 g/mol. The highest BCUT2D eigenvalue weighted by molar-refractivity contribution is 6.31. The van der Waals surface area contributed by atoms with E-state index in [-0.39, 0.29) is 5.56 Å². The van der Waals surface area contributed by atoms with Crippen LogP contribution in [0.1, 0.15) is 15.9 Å². The second-order valence-electron chi connectivity index (χ2n) is 4.08. The largest absolute Gasteiger partial charge is 0.322 e. The number of nitrogens with one attached hydrogen (secondary N) is 1. The first kappa shape index (κ1) is 13.5. The molecule has 0 spiro atoms. The first-order chi connectivity index (χ1) is 8.95. The van der Waals surface area contributed by atoms with E-state index in [1.807, 2.05) is 0 Å². The zero-order valence-electron chi connectivity index (χ0n) is 10.0. The Bertz CT molecular complexity index is 623. The number of rotatable bonds is 2. The number of carbonyl (C=O) groups is 1. The van der Waals surface area contributed by atoms with Gasteiger partial charge in [0.15, 0.2) is 0 Å². The summed E-state index contributed by atoms with van der Waals surface area (Å²) in [6, 6.07) is 7.59. The minimum atomic E-state index is -0.794. The molecule has 19 heavy (non-hydrogen) atoms. The normalized spacial score (nSPS) is 10.3. The lowest BCUT2D eigenvalue weighted by Crippen LogP contribution is -2.12. The second-order valence-corrected chi connectivity index (χ2v) is 4.48. The third-order valence-electron chi connectivity index (χ3n) is 2.54. The van der Waals surface area contributed by atoms with Gasteiger partial charge in [0.1, 0.15) is 11.6 Å². The molecule has 0 fully saturated rings. The highest BCUT2D eigenvalue weighted by Gasteiger charge is 2.10. The first-order valence-corrected chi connectivity index (χ1v) is 5.87. The summed E-state index contributed by atoms with van der Waals surface area (Å²) >= 11 is 5.86.